The highest BCUT2D eigenvalue weighted by Gasteiger charge is 2.42. The molecule has 1 radical (unpaired) electrons. The van der Waals surface area contributed by atoms with Gasteiger partial charge >= 0.3 is 0 Å². The van der Waals surface area contributed by atoms with Crippen LogP contribution in [-0.4, -0.2) is 32.1 Å². The summed E-state index contributed by atoms with van der Waals surface area (Å²) in [5.41, 5.74) is 1.73. The van der Waals surface area contributed by atoms with Crippen molar-refractivity contribution >= 4 is 42.7 Å². The molecule has 6 heteroatoms. The van der Waals surface area contributed by atoms with Crippen LogP contribution in [0, 0.1) is 0 Å². The van der Waals surface area contributed by atoms with E-state index in [0.717, 1.165) is 39.4 Å². The van der Waals surface area contributed by atoms with E-state index in [-0.39, 0.29) is 16.6 Å². The summed E-state index contributed by atoms with van der Waals surface area (Å²) in [7, 11) is 0.494. The average Bonchev–Trinajstić information content (AvgIpc) is 2.80. The Labute approximate surface area is 160 Å². The largest absolute Gasteiger partial charge is 0.542 e. The lowest BCUT2D eigenvalue weighted by Crippen LogP contribution is -2.26. The van der Waals surface area contributed by atoms with Crippen LogP contribution in [0.3, 0.4) is 0 Å². The van der Waals surface area contributed by atoms with E-state index >= 15 is 0 Å². The van der Waals surface area contributed by atoms with E-state index < -0.39 is 14.3 Å². The van der Waals surface area contributed by atoms with Crippen LogP contribution in [0.1, 0.15) is 37.1 Å². The van der Waals surface area contributed by atoms with Crippen molar-refractivity contribution in [3.05, 3.63) is 41.5 Å². The molecular weight excluding hydrogens is 362 g/mol. The summed E-state index contributed by atoms with van der Waals surface area (Å²) < 4.78 is 6.33. The van der Waals surface area contributed by atoms with E-state index in [1.807, 2.05) is 18.2 Å². The Bertz CT molecular complexity index is 888. The van der Waals surface area contributed by atoms with E-state index in [9.17, 15) is 9.59 Å². The molecule has 3 rings (SSSR count). The lowest BCUT2D eigenvalue weighted by molar-refractivity contribution is -0.125. The summed E-state index contributed by atoms with van der Waals surface area (Å²) in [5.74, 6) is 0.590. The second kappa shape index (κ2) is 6.74. The second-order valence-corrected chi connectivity index (χ2v) is 10.9. The third kappa shape index (κ3) is 3.28. The quantitative estimate of drug-likeness (QED) is 0.686. The molecule has 0 N–H and O–H groups in total. The fourth-order valence-electron chi connectivity index (χ4n) is 3.20. The van der Waals surface area contributed by atoms with Gasteiger partial charge in [0, 0.05) is 18.0 Å². The van der Waals surface area contributed by atoms with Crippen LogP contribution in [0.25, 0.3) is 10.8 Å². The first-order valence-electron chi connectivity index (χ1n) is 8.63. The Kier molecular flexibility index (Phi) is 4.92. The summed E-state index contributed by atoms with van der Waals surface area (Å²) in [6.45, 7) is 10.5. The van der Waals surface area contributed by atoms with Gasteiger partial charge in [-0.25, -0.2) is 0 Å². The van der Waals surface area contributed by atoms with Gasteiger partial charge in [0.2, 0.25) is 5.91 Å². The maximum atomic E-state index is 12.8. The van der Waals surface area contributed by atoms with Crippen molar-refractivity contribution in [3.8, 4) is 5.75 Å². The van der Waals surface area contributed by atoms with Crippen LogP contribution >= 0.6 is 11.8 Å². The molecule has 0 saturated carbocycles. The molecule has 1 aliphatic rings. The summed E-state index contributed by atoms with van der Waals surface area (Å²) in [6.07, 6.45) is 0. The van der Waals surface area contributed by atoms with Gasteiger partial charge in [-0.3, -0.25) is 14.5 Å². The maximum Gasteiger partial charge on any atom is 0.289 e. The molecule has 0 spiro atoms. The van der Waals surface area contributed by atoms with E-state index in [2.05, 4.69) is 46.0 Å². The van der Waals surface area contributed by atoms with Crippen molar-refractivity contribution < 1.29 is 14.0 Å². The van der Waals surface area contributed by atoms with Gasteiger partial charge in [0.25, 0.3) is 14.3 Å². The molecule has 2 aromatic rings. The Morgan fingerprint density at radius 3 is 2.35 bits per heavy atom. The number of fused-ring (bicyclic) bond motifs is 1. The predicted octanol–water partition coefficient (Wildman–Crippen LogP) is 5.13. The van der Waals surface area contributed by atoms with Crippen LogP contribution in [0.5, 0.6) is 5.75 Å². The number of hydrogen-bond donors (Lipinski definition) is 0. The second-order valence-electron chi connectivity index (χ2n) is 7.81. The van der Waals surface area contributed by atoms with Gasteiger partial charge in [0.05, 0.1) is 0 Å². The Balaban J connectivity index is 2.37. The van der Waals surface area contributed by atoms with Crippen molar-refractivity contribution in [2.75, 3.05) is 7.05 Å². The number of amides is 2. The van der Waals surface area contributed by atoms with Crippen molar-refractivity contribution in [2.45, 2.75) is 44.5 Å². The zero-order valence-corrected chi connectivity index (χ0v) is 17.9. The smallest absolute Gasteiger partial charge is 0.289 e. The first-order chi connectivity index (χ1) is 12.1. The number of likely N-dealkylation sites (N-methyl/N-ethyl adjacent to an activating group) is 1. The molecule has 137 valence electrons. The molecule has 0 aromatic heterocycles. The Hall–Kier alpha value is -1.79. The number of imide groups is 1. The van der Waals surface area contributed by atoms with E-state index in [4.69, 9.17) is 4.43 Å². The minimum absolute atomic E-state index is 0.174. The topological polar surface area (TPSA) is 46.6 Å². The van der Waals surface area contributed by atoms with Gasteiger partial charge in [0.1, 0.15) is 11.0 Å². The number of rotatable bonds is 3. The monoisotopic (exact) mass is 386 g/mol. The van der Waals surface area contributed by atoms with Crippen LogP contribution in [0.2, 0.25) is 13.1 Å². The molecule has 0 bridgehead atoms. The lowest BCUT2D eigenvalue weighted by atomic mass is 9.80. The van der Waals surface area contributed by atoms with Gasteiger partial charge in [-0.15, -0.1) is 0 Å². The van der Waals surface area contributed by atoms with Crippen LogP contribution in [0.15, 0.2) is 30.3 Å². The van der Waals surface area contributed by atoms with Gasteiger partial charge < -0.3 is 4.43 Å². The zero-order chi connectivity index (χ0) is 19.2. The van der Waals surface area contributed by atoms with Crippen LogP contribution in [0.4, 0.5) is 4.79 Å². The summed E-state index contributed by atoms with van der Waals surface area (Å²) >= 11 is 1.08. The maximum absolute atomic E-state index is 12.8. The standard InChI is InChI=1S/C20H24NO3SSi/c1-20(2,3)14-11-12-9-7-8-10-13(12)16(24-26(5)6)15(14)17-18(22)21(4)19(23)25-17/h7-11,17H,1-6H3. The third-order valence-corrected chi connectivity index (χ3v) is 6.22. The van der Waals surface area contributed by atoms with Gasteiger partial charge in [-0.05, 0) is 41.2 Å². The van der Waals surface area contributed by atoms with E-state index in [0.29, 0.717) is 0 Å². The van der Waals surface area contributed by atoms with Crippen molar-refractivity contribution in [1.82, 2.24) is 4.90 Å². The van der Waals surface area contributed by atoms with Crippen molar-refractivity contribution in [1.29, 1.82) is 0 Å². The Morgan fingerprint density at radius 2 is 1.81 bits per heavy atom. The van der Waals surface area contributed by atoms with Gasteiger partial charge in [0.15, 0.2) is 0 Å². The first-order valence-corrected chi connectivity index (χ1v) is 11.9. The fourth-order valence-corrected chi connectivity index (χ4v) is 4.89. The first kappa shape index (κ1) is 19.0. The van der Waals surface area contributed by atoms with Gasteiger partial charge in [-0.1, -0.05) is 51.1 Å². The number of thioether (sulfide) groups is 1. The molecule has 1 atom stereocenters. The van der Waals surface area contributed by atoms with E-state index in [1.165, 1.54) is 4.90 Å². The van der Waals surface area contributed by atoms with Crippen molar-refractivity contribution in [3.63, 3.8) is 0 Å². The molecule has 4 nitrogen and oxygen atoms in total. The highest BCUT2D eigenvalue weighted by Crippen LogP contribution is 2.49. The fraction of sp³-hybridized carbons (Fsp3) is 0.400. The number of nitrogens with zero attached hydrogens (tertiary/aromatic N) is 1. The normalized spacial score (nSPS) is 18.3. The minimum Gasteiger partial charge on any atom is -0.542 e. The van der Waals surface area contributed by atoms with Crippen molar-refractivity contribution in [2.24, 2.45) is 0 Å². The van der Waals surface area contributed by atoms with E-state index in [1.54, 1.807) is 7.05 Å². The summed E-state index contributed by atoms with van der Waals surface area (Å²) in [5, 5.41) is 1.33. The molecule has 1 aliphatic heterocycles. The molecule has 2 aromatic carbocycles. The lowest BCUT2D eigenvalue weighted by Gasteiger charge is -2.29. The molecule has 1 unspecified atom stereocenters. The Morgan fingerprint density at radius 1 is 1.15 bits per heavy atom. The molecule has 1 saturated heterocycles. The predicted molar refractivity (Wildman–Crippen MR) is 109 cm³/mol. The molecular formula is C20H24NO3SSi. The average molecular weight is 387 g/mol. The van der Waals surface area contributed by atoms with Gasteiger partial charge in [-0.2, -0.15) is 0 Å². The minimum atomic E-state index is -1.05. The number of benzene rings is 2. The van der Waals surface area contributed by atoms with Crippen LogP contribution in [-0.2, 0) is 10.2 Å². The molecule has 1 fully saturated rings. The SMILES string of the molecule is CN1C(=O)SC(c2c(C(C)(C)C)cc3ccccc3c2O[Si](C)C)C1=O. The highest BCUT2D eigenvalue weighted by molar-refractivity contribution is 8.15. The number of carbonyl (C=O) groups excluding carboxylic acids is 2. The summed E-state index contributed by atoms with van der Waals surface area (Å²) in [4.78, 5) is 26.2. The molecule has 26 heavy (non-hydrogen) atoms. The zero-order valence-electron chi connectivity index (χ0n) is 16.0. The molecule has 1 heterocycles. The third-order valence-electron chi connectivity index (χ3n) is 4.46. The molecule has 0 aliphatic carbocycles. The summed E-state index contributed by atoms with van der Waals surface area (Å²) in [6, 6.07) is 10.2. The highest BCUT2D eigenvalue weighted by atomic mass is 32.2. The van der Waals surface area contributed by atoms with Crippen LogP contribution < -0.4 is 4.43 Å². The molecule has 2 amide bonds. The number of carbonyl (C=O) groups is 2. The number of hydrogen-bond acceptors (Lipinski definition) is 4.